The summed E-state index contributed by atoms with van der Waals surface area (Å²) in [5.41, 5.74) is 1.81. The Morgan fingerprint density at radius 2 is 2.04 bits per heavy atom. The number of carbonyl (C=O) groups excluding carboxylic acids is 1. The third-order valence-corrected chi connectivity index (χ3v) is 4.91. The smallest absolute Gasteiger partial charge is 0.241 e. The SMILES string of the molecule is COc1ccc(C)cc1NC(=O)C(C)N1CCN(Cc2ccco2)CC1. The molecule has 2 heterocycles. The van der Waals surface area contributed by atoms with Crippen LogP contribution in [0.2, 0.25) is 0 Å². The second-order valence-corrected chi connectivity index (χ2v) is 6.76. The topological polar surface area (TPSA) is 58.0 Å². The van der Waals surface area contributed by atoms with E-state index in [0.29, 0.717) is 5.75 Å². The molecule has 1 saturated heterocycles. The second kappa shape index (κ2) is 8.38. The molecule has 26 heavy (non-hydrogen) atoms. The third kappa shape index (κ3) is 4.45. The zero-order valence-corrected chi connectivity index (χ0v) is 15.7. The molecule has 3 rings (SSSR count). The lowest BCUT2D eigenvalue weighted by Crippen LogP contribution is -2.52. The first kappa shape index (κ1) is 18.5. The zero-order chi connectivity index (χ0) is 18.5. The minimum absolute atomic E-state index is 0.00613. The van der Waals surface area contributed by atoms with Crippen LogP contribution in [0.25, 0.3) is 0 Å². The van der Waals surface area contributed by atoms with E-state index in [1.807, 2.05) is 44.2 Å². The van der Waals surface area contributed by atoms with Crippen LogP contribution in [0.3, 0.4) is 0 Å². The largest absolute Gasteiger partial charge is 0.495 e. The van der Waals surface area contributed by atoms with Crippen LogP contribution >= 0.6 is 0 Å². The number of methoxy groups -OCH3 is 1. The number of benzene rings is 1. The quantitative estimate of drug-likeness (QED) is 0.861. The van der Waals surface area contributed by atoms with Gasteiger partial charge in [-0.15, -0.1) is 0 Å². The van der Waals surface area contributed by atoms with Crippen LogP contribution in [0.5, 0.6) is 5.75 Å². The van der Waals surface area contributed by atoms with E-state index < -0.39 is 0 Å². The summed E-state index contributed by atoms with van der Waals surface area (Å²) in [6.45, 7) is 8.34. The van der Waals surface area contributed by atoms with Gasteiger partial charge >= 0.3 is 0 Å². The van der Waals surface area contributed by atoms with E-state index >= 15 is 0 Å². The standard InChI is InChI=1S/C20H27N3O3/c1-15-6-7-19(25-3)18(13-15)21-20(24)16(2)23-10-8-22(9-11-23)14-17-5-4-12-26-17/h4-7,12-13,16H,8-11,14H2,1-3H3,(H,21,24). The molecule has 6 heteroatoms. The number of piperazine rings is 1. The van der Waals surface area contributed by atoms with Crippen molar-refractivity contribution in [1.82, 2.24) is 9.80 Å². The molecule has 2 aromatic rings. The highest BCUT2D eigenvalue weighted by molar-refractivity contribution is 5.96. The third-order valence-electron chi connectivity index (χ3n) is 4.91. The first-order valence-corrected chi connectivity index (χ1v) is 9.01. The molecule has 140 valence electrons. The molecule has 0 radical (unpaired) electrons. The summed E-state index contributed by atoms with van der Waals surface area (Å²) in [4.78, 5) is 17.3. The lowest BCUT2D eigenvalue weighted by molar-refractivity contribution is -0.121. The molecule has 0 aliphatic carbocycles. The first-order chi connectivity index (χ1) is 12.6. The van der Waals surface area contributed by atoms with Gasteiger partial charge in [-0.3, -0.25) is 14.6 Å². The summed E-state index contributed by atoms with van der Waals surface area (Å²) in [7, 11) is 1.61. The Hall–Kier alpha value is -2.31. The molecule has 1 unspecified atom stereocenters. The Morgan fingerprint density at radius 3 is 2.69 bits per heavy atom. The second-order valence-electron chi connectivity index (χ2n) is 6.76. The monoisotopic (exact) mass is 357 g/mol. The van der Waals surface area contributed by atoms with E-state index in [2.05, 4.69) is 15.1 Å². The van der Waals surface area contributed by atoms with Crippen molar-refractivity contribution in [2.24, 2.45) is 0 Å². The van der Waals surface area contributed by atoms with Crippen molar-refractivity contribution < 1.29 is 13.9 Å². The summed E-state index contributed by atoms with van der Waals surface area (Å²) in [6.07, 6.45) is 1.71. The summed E-state index contributed by atoms with van der Waals surface area (Å²) >= 11 is 0. The van der Waals surface area contributed by atoms with Gasteiger partial charge < -0.3 is 14.5 Å². The van der Waals surface area contributed by atoms with Gasteiger partial charge in [-0.05, 0) is 43.7 Å². The van der Waals surface area contributed by atoms with Crippen LogP contribution in [0.4, 0.5) is 5.69 Å². The van der Waals surface area contributed by atoms with Crippen LogP contribution in [-0.2, 0) is 11.3 Å². The molecule has 1 aromatic heterocycles. The summed E-state index contributed by atoms with van der Waals surface area (Å²) in [5, 5.41) is 3.01. The number of hydrogen-bond donors (Lipinski definition) is 1. The van der Waals surface area contributed by atoms with Gasteiger partial charge in [-0.2, -0.15) is 0 Å². The molecule has 1 aromatic carbocycles. The van der Waals surface area contributed by atoms with Crippen molar-refractivity contribution in [3.63, 3.8) is 0 Å². The van der Waals surface area contributed by atoms with Gasteiger partial charge in [0.1, 0.15) is 11.5 Å². The molecule has 1 amide bonds. The molecule has 1 aliphatic rings. The Balaban J connectivity index is 1.54. The average Bonchev–Trinajstić information content (AvgIpc) is 3.15. The maximum Gasteiger partial charge on any atom is 0.241 e. The molecular weight excluding hydrogens is 330 g/mol. The minimum atomic E-state index is -0.189. The lowest BCUT2D eigenvalue weighted by atomic mass is 10.1. The highest BCUT2D eigenvalue weighted by Crippen LogP contribution is 2.25. The van der Waals surface area contributed by atoms with E-state index in [4.69, 9.17) is 9.15 Å². The van der Waals surface area contributed by atoms with Crippen molar-refractivity contribution >= 4 is 11.6 Å². The van der Waals surface area contributed by atoms with Gasteiger partial charge in [0.25, 0.3) is 0 Å². The lowest BCUT2D eigenvalue weighted by Gasteiger charge is -2.37. The predicted molar refractivity (Wildman–Crippen MR) is 101 cm³/mol. The summed E-state index contributed by atoms with van der Waals surface area (Å²) in [5.74, 6) is 1.66. The number of nitrogens with one attached hydrogen (secondary N) is 1. The Morgan fingerprint density at radius 1 is 1.27 bits per heavy atom. The number of furan rings is 1. The molecule has 1 atom stereocenters. The number of rotatable bonds is 6. The van der Waals surface area contributed by atoms with Gasteiger partial charge in [-0.25, -0.2) is 0 Å². The van der Waals surface area contributed by atoms with Crippen LogP contribution < -0.4 is 10.1 Å². The maximum atomic E-state index is 12.7. The number of ether oxygens (including phenoxy) is 1. The fourth-order valence-corrected chi connectivity index (χ4v) is 3.25. The number of carbonyl (C=O) groups is 1. The molecule has 0 bridgehead atoms. The first-order valence-electron chi connectivity index (χ1n) is 9.01. The van der Waals surface area contributed by atoms with Crippen LogP contribution in [-0.4, -0.2) is 55.0 Å². The summed E-state index contributed by atoms with van der Waals surface area (Å²) in [6, 6.07) is 9.50. The zero-order valence-electron chi connectivity index (χ0n) is 15.7. The Labute approximate surface area is 154 Å². The van der Waals surface area contributed by atoms with Crippen molar-refractivity contribution in [1.29, 1.82) is 0 Å². The van der Waals surface area contributed by atoms with Gasteiger partial charge in [0, 0.05) is 26.2 Å². The molecule has 1 fully saturated rings. The van der Waals surface area contributed by atoms with E-state index in [0.717, 1.165) is 49.7 Å². The average molecular weight is 357 g/mol. The van der Waals surface area contributed by atoms with Gasteiger partial charge in [0.2, 0.25) is 5.91 Å². The number of nitrogens with zero attached hydrogens (tertiary/aromatic N) is 2. The van der Waals surface area contributed by atoms with Gasteiger partial charge in [-0.1, -0.05) is 6.07 Å². The fourth-order valence-electron chi connectivity index (χ4n) is 3.25. The van der Waals surface area contributed by atoms with E-state index in [-0.39, 0.29) is 11.9 Å². The van der Waals surface area contributed by atoms with Crippen molar-refractivity contribution in [3.8, 4) is 5.75 Å². The maximum absolute atomic E-state index is 12.7. The van der Waals surface area contributed by atoms with Gasteiger partial charge in [0.05, 0.1) is 31.6 Å². The van der Waals surface area contributed by atoms with Crippen LogP contribution in [0.15, 0.2) is 41.0 Å². The van der Waals surface area contributed by atoms with E-state index in [1.165, 1.54) is 0 Å². The predicted octanol–water partition coefficient (Wildman–Crippen LogP) is 2.74. The normalized spacial score (nSPS) is 17.0. The van der Waals surface area contributed by atoms with E-state index in [1.54, 1.807) is 13.4 Å². The number of hydrogen-bond acceptors (Lipinski definition) is 5. The van der Waals surface area contributed by atoms with Crippen molar-refractivity contribution in [3.05, 3.63) is 47.9 Å². The van der Waals surface area contributed by atoms with Crippen molar-refractivity contribution in [2.75, 3.05) is 38.6 Å². The number of aryl methyl sites for hydroxylation is 1. The van der Waals surface area contributed by atoms with Crippen molar-refractivity contribution in [2.45, 2.75) is 26.4 Å². The summed E-state index contributed by atoms with van der Waals surface area (Å²) < 4.78 is 10.8. The molecular formula is C20H27N3O3. The van der Waals surface area contributed by atoms with E-state index in [9.17, 15) is 4.79 Å². The number of amides is 1. The molecule has 0 spiro atoms. The minimum Gasteiger partial charge on any atom is -0.495 e. The van der Waals surface area contributed by atoms with Gasteiger partial charge in [0.15, 0.2) is 0 Å². The Bertz CT molecular complexity index is 722. The molecule has 0 saturated carbocycles. The van der Waals surface area contributed by atoms with Crippen LogP contribution in [0, 0.1) is 6.92 Å². The molecule has 6 nitrogen and oxygen atoms in total. The molecule has 1 N–H and O–H groups in total. The van der Waals surface area contributed by atoms with Crippen LogP contribution in [0.1, 0.15) is 18.2 Å². The highest BCUT2D eigenvalue weighted by Gasteiger charge is 2.26. The Kier molecular flexibility index (Phi) is 5.96. The fraction of sp³-hybridized carbons (Fsp3) is 0.450. The molecule has 1 aliphatic heterocycles. The number of anilines is 1. The highest BCUT2D eigenvalue weighted by atomic mass is 16.5.